The number of hydrogen-bond donors (Lipinski definition) is 2. The topological polar surface area (TPSA) is 78.6 Å². The fourth-order valence-corrected chi connectivity index (χ4v) is 4.34. The second-order valence-corrected chi connectivity index (χ2v) is 7.95. The van der Waals surface area contributed by atoms with E-state index in [1.807, 2.05) is 29.2 Å². The molecule has 5 rings (SSSR count). The third-order valence-corrected chi connectivity index (χ3v) is 5.83. The number of carboxylic acids is 1. The fourth-order valence-electron chi connectivity index (χ4n) is 4.00. The molecule has 1 aliphatic rings. The van der Waals surface area contributed by atoms with Crippen LogP contribution in [-0.4, -0.2) is 21.2 Å². The Hall–Kier alpha value is -4.04. The molecule has 2 atom stereocenters. The Morgan fingerprint density at radius 3 is 2.61 bits per heavy atom. The first-order chi connectivity index (χ1) is 16.0. The highest BCUT2D eigenvalue weighted by molar-refractivity contribution is 7.80. The van der Waals surface area contributed by atoms with Gasteiger partial charge in [0.15, 0.2) is 5.11 Å². The predicted octanol–water partition coefficient (Wildman–Crippen LogP) is 5.36. The van der Waals surface area contributed by atoms with Crippen LogP contribution in [0.1, 0.15) is 33.9 Å². The van der Waals surface area contributed by atoms with E-state index in [2.05, 4.69) is 10.3 Å². The van der Waals surface area contributed by atoms with Crippen molar-refractivity contribution >= 4 is 29.0 Å². The SMILES string of the molecule is O=C(O)c1cccc(-c2ccc([C@@H]3[C@@H](c4ccccn4)NC(=S)N3c3ccc(F)cc3)o2)c1. The van der Waals surface area contributed by atoms with Gasteiger partial charge in [0.2, 0.25) is 0 Å². The van der Waals surface area contributed by atoms with E-state index in [0.29, 0.717) is 27.9 Å². The van der Waals surface area contributed by atoms with E-state index in [1.165, 1.54) is 18.2 Å². The summed E-state index contributed by atoms with van der Waals surface area (Å²) in [4.78, 5) is 17.7. The minimum absolute atomic E-state index is 0.175. The highest BCUT2D eigenvalue weighted by atomic mass is 32.1. The molecule has 8 heteroatoms. The number of carboxylic acid groups (broad SMARTS) is 1. The minimum Gasteiger partial charge on any atom is -0.478 e. The number of anilines is 1. The number of nitrogens with one attached hydrogen (secondary N) is 1. The van der Waals surface area contributed by atoms with Crippen molar-refractivity contribution in [1.82, 2.24) is 10.3 Å². The summed E-state index contributed by atoms with van der Waals surface area (Å²) in [5.74, 6) is -0.206. The molecule has 3 heterocycles. The van der Waals surface area contributed by atoms with E-state index in [1.54, 1.807) is 42.6 Å². The number of thiocarbonyl (C=S) groups is 1. The van der Waals surface area contributed by atoms with Gasteiger partial charge in [0.05, 0.1) is 17.3 Å². The van der Waals surface area contributed by atoms with Gasteiger partial charge in [-0.1, -0.05) is 18.2 Å². The van der Waals surface area contributed by atoms with Crippen LogP contribution in [0.3, 0.4) is 0 Å². The fraction of sp³-hybridized carbons (Fsp3) is 0.0800. The summed E-state index contributed by atoms with van der Waals surface area (Å²) in [6.07, 6.45) is 1.71. The van der Waals surface area contributed by atoms with E-state index in [4.69, 9.17) is 16.6 Å². The molecule has 2 aromatic heterocycles. The number of furan rings is 1. The maximum atomic E-state index is 13.6. The molecule has 4 aromatic rings. The minimum atomic E-state index is -1.01. The number of halogens is 1. The molecule has 0 amide bonds. The van der Waals surface area contributed by atoms with E-state index < -0.39 is 12.0 Å². The first kappa shape index (κ1) is 20.8. The van der Waals surface area contributed by atoms with Gasteiger partial charge in [0, 0.05) is 17.4 Å². The summed E-state index contributed by atoms with van der Waals surface area (Å²) >= 11 is 5.64. The molecule has 0 bridgehead atoms. The number of aromatic nitrogens is 1. The summed E-state index contributed by atoms with van der Waals surface area (Å²) in [6, 6.07) is 21.2. The van der Waals surface area contributed by atoms with Crippen LogP contribution in [0, 0.1) is 5.82 Å². The van der Waals surface area contributed by atoms with Crippen LogP contribution < -0.4 is 10.2 Å². The van der Waals surface area contributed by atoms with Crippen LogP contribution in [0.5, 0.6) is 0 Å². The molecule has 1 fully saturated rings. The van der Waals surface area contributed by atoms with Gasteiger partial charge in [0.1, 0.15) is 23.4 Å². The average molecular weight is 460 g/mol. The highest BCUT2D eigenvalue weighted by Gasteiger charge is 2.42. The van der Waals surface area contributed by atoms with E-state index in [-0.39, 0.29) is 17.4 Å². The zero-order chi connectivity index (χ0) is 22.9. The number of aromatic carboxylic acids is 1. The zero-order valence-corrected chi connectivity index (χ0v) is 18.0. The van der Waals surface area contributed by atoms with Crippen molar-refractivity contribution in [2.45, 2.75) is 12.1 Å². The predicted molar refractivity (Wildman–Crippen MR) is 125 cm³/mol. The summed E-state index contributed by atoms with van der Waals surface area (Å²) < 4.78 is 19.8. The Balaban J connectivity index is 1.58. The largest absolute Gasteiger partial charge is 0.478 e. The zero-order valence-electron chi connectivity index (χ0n) is 17.2. The van der Waals surface area contributed by atoms with E-state index in [0.717, 1.165) is 5.69 Å². The van der Waals surface area contributed by atoms with Gasteiger partial charge >= 0.3 is 5.97 Å². The molecule has 2 N–H and O–H groups in total. The standard InChI is InChI=1S/C25H18FN3O3S/c26-17-7-9-18(10-8-17)29-23(22(28-25(29)33)19-6-1-2-13-27-19)21-12-11-20(32-21)15-4-3-5-16(14-15)24(30)31/h1-14,22-23H,(H,28,33)(H,30,31)/t22-,23-/m1/s1. The van der Waals surface area contributed by atoms with Crippen LogP contribution in [0.15, 0.2) is 89.5 Å². The Labute approximate surface area is 194 Å². The first-order valence-electron chi connectivity index (χ1n) is 10.2. The normalized spacial score (nSPS) is 17.7. The van der Waals surface area contributed by atoms with E-state index in [9.17, 15) is 14.3 Å². The molecule has 0 spiro atoms. The van der Waals surface area contributed by atoms with Crippen LogP contribution in [0.4, 0.5) is 10.1 Å². The molecule has 0 radical (unpaired) electrons. The molecule has 2 aromatic carbocycles. The van der Waals surface area contributed by atoms with Gasteiger partial charge in [-0.25, -0.2) is 9.18 Å². The molecule has 1 aliphatic heterocycles. The van der Waals surface area contributed by atoms with Crippen molar-refractivity contribution < 1.29 is 18.7 Å². The smallest absolute Gasteiger partial charge is 0.335 e. The third kappa shape index (κ3) is 3.96. The molecule has 1 saturated heterocycles. The van der Waals surface area contributed by atoms with Crippen LogP contribution in [0.2, 0.25) is 0 Å². The Morgan fingerprint density at radius 1 is 1.06 bits per heavy atom. The molecule has 0 unspecified atom stereocenters. The lowest BCUT2D eigenvalue weighted by Gasteiger charge is -2.26. The average Bonchev–Trinajstić information content (AvgIpc) is 3.45. The van der Waals surface area contributed by atoms with Crippen molar-refractivity contribution in [1.29, 1.82) is 0 Å². The summed E-state index contributed by atoms with van der Waals surface area (Å²) in [5, 5.41) is 13.1. The highest BCUT2D eigenvalue weighted by Crippen LogP contribution is 2.42. The number of carbonyl (C=O) groups is 1. The van der Waals surface area contributed by atoms with Gasteiger partial charge in [-0.15, -0.1) is 0 Å². The first-order valence-corrected chi connectivity index (χ1v) is 10.6. The molecule has 33 heavy (non-hydrogen) atoms. The Kier molecular flexibility index (Phi) is 5.35. The molecule has 164 valence electrons. The summed E-state index contributed by atoms with van der Waals surface area (Å²) in [6.45, 7) is 0. The van der Waals surface area contributed by atoms with Crippen LogP contribution >= 0.6 is 12.2 Å². The summed E-state index contributed by atoms with van der Waals surface area (Å²) in [5.41, 5.74) is 2.31. The lowest BCUT2D eigenvalue weighted by atomic mass is 10.0. The lowest BCUT2D eigenvalue weighted by Crippen LogP contribution is -2.29. The van der Waals surface area contributed by atoms with Crippen LogP contribution in [-0.2, 0) is 0 Å². The molecular formula is C25H18FN3O3S. The van der Waals surface area contributed by atoms with Gasteiger partial charge < -0.3 is 19.7 Å². The quantitative estimate of drug-likeness (QED) is 0.389. The maximum Gasteiger partial charge on any atom is 0.335 e. The molecule has 6 nitrogen and oxygen atoms in total. The van der Waals surface area contributed by atoms with Gasteiger partial charge in [0.25, 0.3) is 0 Å². The number of pyridine rings is 1. The van der Waals surface area contributed by atoms with Gasteiger partial charge in [-0.3, -0.25) is 4.98 Å². The van der Waals surface area contributed by atoms with Crippen molar-refractivity contribution in [2.24, 2.45) is 0 Å². The number of nitrogens with zero attached hydrogens (tertiary/aromatic N) is 2. The van der Waals surface area contributed by atoms with Gasteiger partial charge in [-0.2, -0.15) is 0 Å². The molecular weight excluding hydrogens is 441 g/mol. The maximum absolute atomic E-state index is 13.6. The second-order valence-electron chi connectivity index (χ2n) is 7.56. The number of rotatable bonds is 5. The van der Waals surface area contributed by atoms with Crippen molar-refractivity contribution in [2.75, 3.05) is 4.90 Å². The monoisotopic (exact) mass is 459 g/mol. The van der Waals surface area contributed by atoms with Crippen molar-refractivity contribution in [3.8, 4) is 11.3 Å². The number of hydrogen-bond acceptors (Lipinski definition) is 4. The number of benzene rings is 2. The van der Waals surface area contributed by atoms with E-state index >= 15 is 0 Å². The summed E-state index contributed by atoms with van der Waals surface area (Å²) in [7, 11) is 0. The Morgan fingerprint density at radius 2 is 1.88 bits per heavy atom. The molecule has 0 saturated carbocycles. The second kappa shape index (κ2) is 8.48. The van der Waals surface area contributed by atoms with Gasteiger partial charge in [-0.05, 0) is 72.9 Å². The lowest BCUT2D eigenvalue weighted by molar-refractivity contribution is 0.0697. The molecule has 0 aliphatic carbocycles. The van der Waals surface area contributed by atoms with Crippen molar-refractivity contribution in [3.63, 3.8) is 0 Å². The third-order valence-electron chi connectivity index (χ3n) is 5.52. The van der Waals surface area contributed by atoms with Crippen LogP contribution in [0.25, 0.3) is 11.3 Å². The van der Waals surface area contributed by atoms with Crippen molar-refractivity contribution in [3.05, 3.63) is 108 Å². The Bertz CT molecular complexity index is 1320.